The predicted octanol–water partition coefficient (Wildman–Crippen LogP) is 4.75. The van der Waals surface area contributed by atoms with Gasteiger partial charge in [0.05, 0.1) is 21.2 Å². The number of rotatable bonds is 3. The van der Waals surface area contributed by atoms with Crippen LogP contribution in [0, 0.1) is 0 Å². The van der Waals surface area contributed by atoms with E-state index in [0.717, 1.165) is 0 Å². The minimum Gasteiger partial charge on any atom is -0.232 e. The third-order valence-corrected chi connectivity index (χ3v) is 6.82. The van der Waals surface area contributed by atoms with Gasteiger partial charge in [0.25, 0.3) is 10.0 Å². The number of aliphatic imine (C=N–C) groups is 1. The lowest BCUT2D eigenvalue weighted by atomic mass is 10.2. The van der Waals surface area contributed by atoms with Crippen molar-refractivity contribution in [1.82, 2.24) is 0 Å². The second-order valence-electron chi connectivity index (χ2n) is 5.04. The number of fused-ring (bicyclic) bond motifs is 1. The summed E-state index contributed by atoms with van der Waals surface area (Å²) >= 11 is 9.68. The van der Waals surface area contributed by atoms with Crippen LogP contribution < -0.4 is 4.31 Å². The van der Waals surface area contributed by atoms with Gasteiger partial charge in [-0.2, -0.15) is 0 Å². The van der Waals surface area contributed by atoms with Gasteiger partial charge in [-0.05, 0) is 30.7 Å². The Morgan fingerprint density at radius 2 is 1.87 bits per heavy atom. The lowest BCUT2D eigenvalue weighted by Gasteiger charge is -2.32. The van der Waals surface area contributed by atoms with Crippen LogP contribution >= 0.6 is 27.5 Å². The molecule has 1 aliphatic heterocycles. The number of sulfonamides is 1. The van der Waals surface area contributed by atoms with E-state index in [-0.39, 0.29) is 14.7 Å². The van der Waals surface area contributed by atoms with Crippen LogP contribution in [0.4, 0.5) is 11.4 Å². The summed E-state index contributed by atoms with van der Waals surface area (Å²) in [5, 5.41) is 0.175. The largest absolute Gasteiger partial charge is 0.273 e. The molecule has 0 fully saturated rings. The summed E-state index contributed by atoms with van der Waals surface area (Å²) in [6.07, 6.45) is 0.702. The molecule has 0 spiro atoms. The number of anilines is 1. The minimum atomic E-state index is -3.83. The fourth-order valence-corrected chi connectivity index (χ4v) is 5.03. The maximum absolute atomic E-state index is 13.2. The number of para-hydroxylation sites is 1. The van der Waals surface area contributed by atoms with E-state index in [1.54, 1.807) is 42.5 Å². The van der Waals surface area contributed by atoms with Crippen LogP contribution in [-0.2, 0) is 10.0 Å². The van der Waals surface area contributed by atoms with Crippen molar-refractivity contribution < 1.29 is 8.42 Å². The molecule has 0 saturated heterocycles. The highest BCUT2D eigenvalue weighted by atomic mass is 79.9. The van der Waals surface area contributed by atoms with Crippen LogP contribution in [0.3, 0.4) is 0 Å². The average molecular weight is 414 g/mol. The molecule has 2 aromatic carbocycles. The number of amidine groups is 1. The maximum Gasteiger partial charge on any atom is 0.273 e. The third-order valence-electron chi connectivity index (χ3n) is 3.52. The van der Waals surface area contributed by atoms with Crippen molar-refractivity contribution in [1.29, 1.82) is 0 Å². The predicted molar refractivity (Wildman–Crippen MR) is 97.7 cm³/mol. The van der Waals surface area contributed by atoms with E-state index in [9.17, 15) is 8.42 Å². The molecule has 0 N–H and O–H groups in total. The third kappa shape index (κ3) is 2.79. The highest BCUT2D eigenvalue weighted by molar-refractivity contribution is 9.10. The normalized spacial score (nSPS) is 17.3. The second kappa shape index (κ2) is 6.26. The van der Waals surface area contributed by atoms with E-state index in [1.807, 2.05) is 13.0 Å². The monoisotopic (exact) mass is 412 g/mol. The summed E-state index contributed by atoms with van der Waals surface area (Å²) in [6.45, 7) is 1.96. The van der Waals surface area contributed by atoms with E-state index in [1.165, 1.54) is 4.31 Å². The van der Waals surface area contributed by atoms with Crippen LogP contribution in [0.25, 0.3) is 0 Å². The van der Waals surface area contributed by atoms with Crippen molar-refractivity contribution in [3.05, 3.63) is 53.6 Å². The number of hydrogen-bond donors (Lipinski definition) is 0. The van der Waals surface area contributed by atoms with Crippen molar-refractivity contribution in [3.63, 3.8) is 0 Å². The minimum absolute atomic E-state index is 0.0464. The van der Waals surface area contributed by atoms with E-state index < -0.39 is 10.0 Å². The van der Waals surface area contributed by atoms with E-state index >= 15 is 0 Å². The Kier molecular flexibility index (Phi) is 4.49. The van der Waals surface area contributed by atoms with Gasteiger partial charge in [0.2, 0.25) is 0 Å². The highest BCUT2D eigenvalue weighted by Crippen LogP contribution is 2.40. The first-order valence-electron chi connectivity index (χ1n) is 7.08. The van der Waals surface area contributed by atoms with Gasteiger partial charge in [-0.15, -0.1) is 0 Å². The molecule has 0 saturated carbocycles. The van der Waals surface area contributed by atoms with Crippen molar-refractivity contribution in [2.45, 2.75) is 23.1 Å². The van der Waals surface area contributed by atoms with Crippen molar-refractivity contribution in [2.75, 3.05) is 4.31 Å². The Hall–Kier alpha value is -1.37. The van der Waals surface area contributed by atoms with Crippen molar-refractivity contribution in [3.8, 4) is 0 Å². The van der Waals surface area contributed by atoms with Gasteiger partial charge in [0.15, 0.2) is 0 Å². The molecule has 1 aliphatic rings. The lowest BCUT2D eigenvalue weighted by Crippen LogP contribution is -2.43. The smallest absolute Gasteiger partial charge is 0.232 e. The molecule has 0 bridgehead atoms. The van der Waals surface area contributed by atoms with Crippen LogP contribution in [0.15, 0.2) is 58.4 Å². The molecule has 1 heterocycles. The second-order valence-corrected chi connectivity index (χ2v) is 8.27. The Morgan fingerprint density at radius 1 is 1.17 bits per heavy atom. The van der Waals surface area contributed by atoms with Gasteiger partial charge in [0, 0.05) is 0 Å². The fraction of sp³-hybridized carbons (Fsp3) is 0.188. The van der Waals surface area contributed by atoms with Crippen LogP contribution in [-0.4, -0.2) is 19.1 Å². The maximum atomic E-state index is 13.2. The molecule has 0 aliphatic carbocycles. The summed E-state index contributed by atoms with van der Waals surface area (Å²) < 4.78 is 27.7. The quantitative estimate of drug-likeness (QED) is 0.682. The molecular weight excluding hydrogens is 400 g/mol. The molecule has 120 valence electrons. The Balaban J connectivity index is 2.32. The van der Waals surface area contributed by atoms with Crippen LogP contribution in [0.2, 0.25) is 5.02 Å². The molecule has 0 amide bonds. The summed E-state index contributed by atoms with van der Waals surface area (Å²) in [5.74, 6) is 0.438. The first-order chi connectivity index (χ1) is 11.0. The number of alkyl halides is 1. The molecule has 23 heavy (non-hydrogen) atoms. The Bertz CT molecular complexity index is 869. The lowest BCUT2D eigenvalue weighted by molar-refractivity contribution is 0.596. The summed E-state index contributed by atoms with van der Waals surface area (Å²) in [6, 6.07) is 13.8. The summed E-state index contributed by atoms with van der Waals surface area (Å²) in [4.78, 5) is 4.42. The molecule has 4 nitrogen and oxygen atoms in total. The molecule has 2 aromatic rings. The van der Waals surface area contributed by atoms with Crippen LogP contribution in [0.5, 0.6) is 0 Å². The molecular formula is C16H14BrClN2O2S. The standard InChI is InChI=1S/C16H14BrClN2O2S/c1-2-12(17)16-19-14-10-6-9-13(18)15(14)23(21,22)20(16)11-7-4-3-5-8-11/h3-10,12H,2H2,1H3. The Labute approximate surface area is 149 Å². The molecule has 3 rings (SSSR count). The highest BCUT2D eigenvalue weighted by Gasteiger charge is 2.38. The average Bonchev–Trinajstić information content (AvgIpc) is 2.53. The van der Waals surface area contributed by atoms with Gasteiger partial charge in [-0.25, -0.2) is 17.7 Å². The van der Waals surface area contributed by atoms with E-state index in [4.69, 9.17) is 11.6 Å². The Morgan fingerprint density at radius 3 is 2.52 bits per heavy atom. The molecule has 1 atom stereocenters. The number of hydrogen-bond acceptors (Lipinski definition) is 3. The first kappa shape index (κ1) is 16.5. The zero-order valence-corrected chi connectivity index (χ0v) is 15.4. The molecule has 7 heteroatoms. The molecule has 0 radical (unpaired) electrons. The van der Waals surface area contributed by atoms with Gasteiger partial charge in [-0.1, -0.05) is 58.7 Å². The van der Waals surface area contributed by atoms with Crippen molar-refractivity contribution in [2.24, 2.45) is 4.99 Å². The van der Waals surface area contributed by atoms with E-state index in [2.05, 4.69) is 20.9 Å². The number of halogens is 2. The van der Waals surface area contributed by atoms with Gasteiger partial charge in [0.1, 0.15) is 10.7 Å². The zero-order valence-electron chi connectivity index (χ0n) is 12.3. The topological polar surface area (TPSA) is 49.7 Å². The van der Waals surface area contributed by atoms with Crippen LogP contribution in [0.1, 0.15) is 13.3 Å². The molecule has 0 aromatic heterocycles. The summed E-state index contributed by atoms with van der Waals surface area (Å²) in [5.41, 5.74) is 0.910. The first-order valence-corrected chi connectivity index (χ1v) is 9.81. The van der Waals surface area contributed by atoms with Gasteiger partial charge >= 0.3 is 0 Å². The van der Waals surface area contributed by atoms with Gasteiger partial charge in [-0.3, -0.25) is 0 Å². The number of nitrogens with zero attached hydrogens (tertiary/aromatic N) is 2. The zero-order chi connectivity index (χ0) is 16.6. The summed E-state index contributed by atoms with van der Waals surface area (Å²) in [7, 11) is -3.83. The van der Waals surface area contributed by atoms with E-state index in [0.29, 0.717) is 23.6 Å². The van der Waals surface area contributed by atoms with Crippen molar-refractivity contribution >= 4 is 54.8 Å². The molecule has 1 unspecified atom stereocenters. The van der Waals surface area contributed by atoms with Gasteiger partial charge < -0.3 is 0 Å². The number of benzene rings is 2. The fourth-order valence-electron chi connectivity index (χ4n) is 2.44. The SMILES string of the molecule is CCC(Br)C1=Nc2cccc(Cl)c2S(=O)(=O)N1c1ccccc1.